The fourth-order valence-electron chi connectivity index (χ4n) is 1.35. The molecule has 0 bridgehead atoms. The summed E-state index contributed by atoms with van der Waals surface area (Å²) in [5.74, 6) is 0. The summed E-state index contributed by atoms with van der Waals surface area (Å²) >= 11 is 0.187. The predicted molar refractivity (Wildman–Crippen MR) is 65.1 cm³/mol. The van der Waals surface area contributed by atoms with Gasteiger partial charge in [0.15, 0.2) is 0 Å². The van der Waals surface area contributed by atoms with Gasteiger partial charge in [0.1, 0.15) is 0 Å². The molecule has 16 heavy (non-hydrogen) atoms. The molecule has 0 saturated carbocycles. The Bertz CT molecular complexity index is 522. The zero-order valence-electron chi connectivity index (χ0n) is 8.93. The van der Waals surface area contributed by atoms with E-state index < -0.39 is 0 Å². The maximum atomic E-state index is 11.2. The van der Waals surface area contributed by atoms with E-state index in [0.29, 0.717) is 0 Å². The normalized spacial score (nSPS) is 10.3. The molecule has 0 amide bonds. The molecule has 0 unspecified atom stereocenters. The van der Waals surface area contributed by atoms with E-state index >= 15 is 0 Å². The molecular formula is C12H12N2OSe. The third-order valence-corrected chi connectivity index (χ3v) is 4.05. The summed E-state index contributed by atoms with van der Waals surface area (Å²) in [5, 5.41) is 0.959. The van der Waals surface area contributed by atoms with Crippen molar-refractivity contribution in [3.8, 4) is 0 Å². The number of benzene rings is 1. The average Bonchev–Trinajstić information content (AvgIpc) is 2.27. The summed E-state index contributed by atoms with van der Waals surface area (Å²) in [6, 6.07) is 11.8. The molecule has 4 heteroatoms. The Morgan fingerprint density at radius 2 is 2.06 bits per heavy atom. The van der Waals surface area contributed by atoms with Crippen LogP contribution in [0.3, 0.4) is 0 Å². The molecule has 1 N–H and O–H groups in total. The van der Waals surface area contributed by atoms with Gasteiger partial charge >= 0.3 is 99.9 Å². The van der Waals surface area contributed by atoms with Crippen LogP contribution in [-0.2, 0) is 5.32 Å². The van der Waals surface area contributed by atoms with E-state index in [1.165, 1.54) is 11.6 Å². The number of rotatable bonds is 3. The Morgan fingerprint density at radius 3 is 2.75 bits per heavy atom. The van der Waals surface area contributed by atoms with Gasteiger partial charge in [-0.05, 0) is 0 Å². The van der Waals surface area contributed by atoms with Crippen molar-refractivity contribution in [3.05, 3.63) is 58.0 Å². The van der Waals surface area contributed by atoms with Gasteiger partial charge < -0.3 is 0 Å². The van der Waals surface area contributed by atoms with Crippen molar-refractivity contribution < 1.29 is 0 Å². The molecule has 3 nitrogen and oxygen atoms in total. The van der Waals surface area contributed by atoms with E-state index in [9.17, 15) is 4.79 Å². The van der Waals surface area contributed by atoms with Gasteiger partial charge in [0, 0.05) is 0 Å². The van der Waals surface area contributed by atoms with Crippen molar-refractivity contribution in [3.63, 3.8) is 0 Å². The Morgan fingerprint density at radius 1 is 1.31 bits per heavy atom. The average molecular weight is 279 g/mol. The Hall–Kier alpha value is -1.38. The van der Waals surface area contributed by atoms with Gasteiger partial charge in [-0.25, -0.2) is 0 Å². The first-order valence-corrected chi connectivity index (χ1v) is 7.05. The molecule has 82 valence electrons. The number of aromatic amines is 1. The molecule has 1 heterocycles. The van der Waals surface area contributed by atoms with Crippen LogP contribution in [0.1, 0.15) is 11.3 Å². The van der Waals surface area contributed by atoms with Crippen molar-refractivity contribution in [2.24, 2.45) is 0 Å². The summed E-state index contributed by atoms with van der Waals surface area (Å²) in [5.41, 5.74) is 2.01. The second-order valence-electron chi connectivity index (χ2n) is 3.47. The molecule has 2 rings (SSSR count). The van der Waals surface area contributed by atoms with Gasteiger partial charge in [-0.2, -0.15) is 0 Å². The van der Waals surface area contributed by atoms with Crippen LogP contribution in [0.4, 0.5) is 0 Å². The summed E-state index contributed by atoms with van der Waals surface area (Å²) in [4.78, 5) is 18.3. The van der Waals surface area contributed by atoms with Crippen LogP contribution >= 0.6 is 0 Å². The molecule has 2 aromatic rings. The first-order valence-electron chi connectivity index (χ1n) is 4.99. The van der Waals surface area contributed by atoms with E-state index in [2.05, 4.69) is 22.1 Å². The SMILES string of the molecule is Cc1cc(=O)[nH]c([Se]Cc2ccccc2)n1. The monoisotopic (exact) mass is 280 g/mol. The molecule has 1 aromatic heterocycles. The molecular weight excluding hydrogens is 267 g/mol. The number of nitrogens with zero attached hydrogens (tertiary/aromatic N) is 1. The van der Waals surface area contributed by atoms with E-state index in [0.717, 1.165) is 15.7 Å². The zero-order chi connectivity index (χ0) is 11.4. The van der Waals surface area contributed by atoms with Crippen molar-refractivity contribution in [1.29, 1.82) is 0 Å². The minimum absolute atomic E-state index is 0.0579. The van der Waals surface area contributed by atoms with Crippen LogP contribution < -0.4 is 10.3 Å². The van der Waals surface area contributed by atoms with Gasteiger partial charge in [-0.3, -0.25) is 0 Å². The predicted octanol–water partition coefficient (Wildman–Crippen LogP) is 0.608. The minimum atomic E-state index is -0.0579. The first kappa shape index (κ1) is 11.1. The van der Waals surface area contributed by atoms with Gasteiger partial charge in [0.2, 0.25) is 0 Å². The number of hydrogen-bond acceptors (Lipinski definition) is 2. The molecule has 0 aliphatic heterocycles. The molecule has 0 atom stereocenters. The van der Waals surface area contributed by atoms with Crippen LogP contribution in [0, 0.1) is 6.92 Å². The fraction of sp³-hybridized carbons (Fsp3) is 0.167. The number of hydrogen-bond donors (Lipinski definition) is 1. The Labute approximate surface area is 100 Å². The molecule has 0 spiro atoms. The summed E-state index contributed by atoms with van der Waals surface area (Å²) in [6.45, 7) is 1.84. The first-order chi connectivity index (χ1) is 7.74. The second-order valence-corrected chi connectivity index (χ2v) is 5.49. The summed E-state index contributed by atoms with van der Waals surface area (Å²) < 4.78 is 0.821. The Kier molecular flexibility index (Phi) is 3.54. The van der Waals surface area contributed by atoms with Crippen LogP contribution in [0.15, 0.2) is 41.2 Å². The van der Waals surface area contributed by atoms with E-state index in [4.69, 9.17) is 0 Å². The van der Waals surface area contributed by atoms with E-state index in [-0.39, 0.29) is 20.5 Å². The van der Waals surface area contributed by atoms with E-state index in [1.807, 2.05) is 25.1 Å². The zero-order valence-corrected chi connectivity index (χ0v) is 10.6. The molecule has 0 radical (unpaired) electrons. The Balaban J connectivity index is 2.08. The van der Waals surface area contributed by atoms with Gasteiger partial charge in [-0.15, -0.1) is 0 Å². The molecule has 1 aromatic carbocycles. The standard InChI is InChI=1S/C12H12N2OSe/c1-9-7-11(15)14-12(13-9)16-8-10-5-3-2-4-6-10/h2-7H,8H2,1H3,(H,13,14,15). The molecule has 0 fully saturated rings. The molecule has 0 saturated heterocycles. The number of aryl methyl sites for hydroxylation is 1. The molecule has 0 aliphatic carbocycles. The fourth-order valence-corrected chi connectivity index (χ4v) is 3.19. The number of H-pyrrole nitrogens is 1. The third-order valence-electron chi connectivity index (χ3n) is 2.07. The second kappa shape index (κ2) is 5.10. The van der Waals surface area contributed by atoms with Crippen molar-refractivity contribution in [2.75, 3.05) is 0 Å². The van der Waals surface area contributed by atoms with Crippen molar-refractivity contribution >= 4 is 19.7 Å². The third kappa shape index (κ3) is 3.05. The molecule has 0 aliphatic rings. The van der Waals surface area contributed by atoms with Gasteiger partial charge in [0.05, 0.1) is 0 Å². The quantitative estimate of drug-likeness (QED) is 0.837. The van der Waals surface area contributed by atoms with Crippen molar-refractivity contribution in [1.82, 2.24) is 9.97 Å². The van der Waals surface area contributed by atoms with E-state index in [1.54, 1.807) is 0 Å². The van der Waals surface area contributed by atoms with Crippen LogP contribution in [0.5, 0.6) is 0 Å². The maximum absolute atomic E-state index is 11.2. The van der Waals surface area contributed by atoms with Gasteiger partial charge in [0.25, 0.3) is 0 Å². The summed E-state index contributed by atoms with van der Waals surface area (Å²) in [7, 11) is 0. The van der Waals surface area contributed by atoms with Crippen LogP contribution in [0.2, 0.25) is 0 Å². The number of nitrogens with one attached hydrogen (secondary N) is 1. The summed E-state index contributed by atoms with van der Waals surface area (Å²) in [6.07, 6.45) is 0. The van der Waals surface area contributed by atoms with Crippen LogP contribution in [0.25, 0.3) is 0 Å². The van der Waals surface area contributed by atoms with Gasteiger partial charge in [-0.1, -0.05) is 0 Å². The number of aromatic nitrogens is 2. The van der Waals surface area contributed by atoms with Crippen molar-refractivity contribution in [2.45, 2.75) is 12.2 Å². The topological polar surface area (TPSA) is 45.8 Å². The van der Waals surface area contributed by atoms with Crippen LogP contribution in [-0.4, -0.2) is 24.9 Å².